The van der Waals surface area contributed by atoms with E-state index in [1.165, 1.54) is 36.5 Å². The number of nitrogens with zero attached hydrogens (tertiary/aromatic N) is 2. The molecule has 1 heterocycles. The summed E-state index contributed by atoms with van der Waals surface area (Å²) in [7, 11) is 0. The topological polar surface area (TPSA) is 103 Å². The van der Waals surface area contributed by atoms with Crippen LogP contribution in [0.3, 0.4) is 0 Å². The average Bonchev–Trinajstić information content (AvgIpc) is 2.48. The van der Waals surface area contributed by atoms with E-state index < -0.39 is 11.9 Å². The molecule has 1 aromatic heterocycles. The minimum Gasteiger partial charge on any atom is -0.478 e. The van der Waals surface area contributed by atoms with Gasteiger partial charge in [-0.1, -0.05) is 11.6 Å². The normalized spacial score (nSPS) is 9.71. The first-order valence-corrected chi connectivity index (χ1v) is 6.09. The minimum atomic E-state index is -1.24. The molecule has 0 aliphatic carbocycles. The summed E-state index contributed by atoms with van der Waals surface area (Å²) < 4.78 is 0. The second kappa shape index (κ2) is 6.03. The Bertz CT molecular complexity index is 751. The lowest BCUT2D eigenvalue weighted by molar-refractivity contribution is 0.0698. The number of nitriles is 1. The fourth-order valence-electron chi connectivity index (χ4n) is 1.60. The molecule has 0 bridgehead atoms. The maximum atomic E-state index is 12.0. The zero-order valence-electron chi connectivity index (χ0n) is 10.5. The Morgan fingerprint density at radius 2 is 2.05 bits per heavy atom. The van der Waals surface area contributed by atoms with Crippen LogP contribution in [0.2, 0.25) is 5.15 Å². The van der Waals surface area contributed by atoms with Gasteiger partial charge in [-0.3, -0.25) is 4.79 Å². The Morgan fingerprint density at radius 1 is 1.29 bits per heavy atom. The van der Waals surface area contributed by atoms with Crippen LogP contribution in [0.5, 0.6) is 0 Å². The molecule has 1 aromatic carbocycles. The van der Waals surface area contributed by atoms with Gasteiger partial charge in [-0.2, -0.15) is 5.26 Å². The molecule has 104 valence electrons. The summed E-state index contributed by atoms with van der Waals surface area (Å²) in [6, 6.07) is 8.73. The number of amides is 1. The van der Waals surface area contributed by atoms with Gasteiger partial charge in [0.2, 0.25) is 0 Å². The molecule has 0 atom stereocenters. The number of rotatable bonds is 3. The summed E-state index contributed by atoms with van der Waals surface area (Å²) in [6.45, 7) is 0. The lowest BCUT2D eigenvalue weighted by Crippen LogP contribution is -2.15. The van der Waals surface area contributed by atoms with Crippen molar-refractivity contribution < 1.29 is 14.7 Å². The number of carboxylic acids is 1. The number of hydrogen-bond acceptors (Lipinski definition) is 4. The number of hydrogen-bond donors (Lipinski definition) is 2. The Balaban J connectivity index is 2.31. The smallest absolute Gasteiger partial charge is 0.337 e. The molecule has 21 heavy (non-hydrogen) atoms. The number of benzene rings is 1. The Kier molecular flexibility index (Phi) is 4.16. The van der Waals surface area contributed by atoms with Gasteiger partial charge in [0.15, 0.2) is 0 Å². The molecule has 0 aliphatic rings. The first kappa shape index (κ1) is 14.5. The van der Waals surface area contributed by atoms with Crippen molar-refractivity contribution in [2.24, 2.45) is 0 Å². The van der Waals surface area contributed by atoms with E-state index in [4.69, 9.17) is 22.0 Å². The van der Waals surface area contributed by atoms with Crippen molar-refractivity contribution in [3.8, 4) is 6.07 Å². The van der Waals surface area contributed by atoms with Crippen LogP contribution in [-0.2, 0) is 0 Å². The van der Waals surface area contributed by atoms with Crippen molar-refractivity contribution in [1.82, 2.24) is 4.98 Å². The summed E-state index contributed by atoms with van der Waals surface area (Å²) in [5.41, 5.74) is 0.365. The monoisotopic (exact) mass is 301 g/mol. The Hall–Kier alpha value is -2.91. The van der Waals surface area contributed by atoms with E-state index in [1.54, 1.807) is 0 Å². The zero-order chi connectivity index (χ0) is 15.4. The van der Waals surface area contributed by atoms with Gasteiger partial charge in [-0.25, -0.2) is 9.78 Å². The summed E-state index contributed by atoms with van der Waals surface area (Å²) in [4.78, 5) is 26.9. The Morgan fingerprint density at radius 3 is 2.62 bits per heavy atom. The van der Waals surface area contributed by atoms with E-state index in [0.717, 1.165) is 0 Å². The van der Waals surface area contributed by atoms with Crippen LogP contribution in [0.15, 0.2) is 36.5 Å². The molecule has 6 nitrogen and oxygen atoms in total. The van der Waals surface area contributed by atoms with E-state index in [9.17, 15) is 9.59 Å². The molecule has 1 amide bonds. The highest BCUT2D eigenvalue weighted by atomic mass is 35.5. The molecule has 2 N–H and O–H groups in total. The van der Waals surface area contributed by atoms with Gasteiger partial charge >= 0.3 is 5.97 Å². The third-order valence-electron chi connectivity index (χ3n) is 2.62. The van der Waals surface area contributed by atoms with Gasteiger partial charge in [0.25, 0.3) is 5.91 Å². The number of pyridine rings is 1. The fraction of sp³-hybridized carbons (Fsp3) is 0. The standard InChI is InChI=1S/C14H8ClN3O3/c15-12-4-2-9(7-17-12)13(19)18-11-3-1-8(6-16)5-10(11)14(20)21/h1-5,7H,(H,18,19)(H,20,21). The molecule has 2 rings (SSSR count). The van der Waals surface area contributed by atoms with Crippen molar-refractivity contribution in [3.05, 3.63) is 58.4 Å². The molecule has 0 radical (unpaired) electrons. The number of halogens is 1. The van der Waals surface area contributed by atoms with Crippen LogP contribution in [-0.4, -0.2) is 22.0 Å². The van der Waals surface area contributed by atoms with Crippen LogP contribution in [0.1, 0.15) is 26.3 Å². The van der Waals surface area contributed by atoms with E-state index in [0.29, 0.717) is 0 Å². The number of carboxylic acid groups (broad SMARTS) is 1. The number of carbonyl (C=O) groups is 2. The number of anilines is 1. The molecule has 0 fully saturated rings. The quantitative estimate of drug-likeness (QED) is 0.848. The first-order chi connectivity index (χ1) is 10.0. The van der Waals surface area contributed by atoms with Crippen LogP contribution in [0.4, 0.5) is 5.69 Å². The number of carbonyl (C=O) groups excluding carboxylic acids is 1. The van der Waals surface area contributed by atoms with Gasteiger partial charge < -0.3 is 10.4 Å². The van der Waals surface area contributed by atoms with Crippen molar-refractivity contribution in [2.75, 3.05) is 5.32 Å². The first-order valence-electron chi connectivity index (χ1n) is 5.71. The van der Waals surface area contributed by atoms with Crippen molar-refractivity contribution >= 4 is 29.2 Å². The summed E-state index contributed by atoms with van der Waals surface area (Å²) in [6.07, 6.45) is 1.28. The molecule has 0 aliphatic heterocycles. The van der Waals surface area contributed by atoms with Crippen LogP contribution >= 0.6 is 11.6 Å². The van der Waals surface area contributed by atoms with Crippen LogP contribution in [0, 0.1) is 11.3 Å². The van der Waals surface area contributed by atoms with Crippen LogP contribution < -0.4 is 5.32 Å². The maximum absolute atomic E-state index is 12.0. The summed E-state index contributed by atoms with van der Waals surface area (Å²) in [5, 5.41) is 20.6. The van der Waals surface area contributed by atoms with E-state index >= 15 is 0 Å². The second-order valence-electron chi connectivity index (χ2n) is 4.00. The van der Waals surface area contributed by atoms with Crippen molar-refractivity contribution in [3.63, 3.8) is 0 Å². The molecule has 0 saturated heterocycles. The SMILES string of the molecule is N#Cc1ccc(NC(=O)c2ccc(Cl)nc2)c(C(=O)O)c1. The number of aromatic carboxylic acids is 1. The fourth-order valence-corrected chi connectivity index (χ4v) is 1.72. The largest absolute Gasteiger partial charge is 0.478 e. The zero-order valence-corrected chi connectivity index (χ0v) is 11.3. The number of nitrogens with one attached hydrogen (secondary N) is 1. The molecule has 0 spiro atoms. The molecule has 2 aromatic rings. The lowest BCUT2D eigenvalue weighted by atomic mass is 10.1. The number of aromatic nitrogens is 1. The molecular formula is C14H8ClN3O3. The highest BCUT2D eigenvalue weighted by Gasteiger charge is 2.14. The minimum absolute atomic E-state index is 0.0986. The highest BCUT2D eigenvalue weighted by Crippen LogP contribution is 2.18. The van der Waals surface area contributed by atoms with E-state index in [1.807, 2.05) is 6.07 Å². The molecule has 0 unspecified atom stereocenters. The van der Waals surface area contributed by atoms with Crippen molar-refractivity contribution in [2.45, 2.75) is 0 Å². The van der Waals surface area contributed by atoms with Gasteiger partial charge in [0.05, 0.1) is 28.4 Å². The predicted octanol–water partition coefficient (Wildman–Crippen LogP) is 2.56. The molecular weight excluding hydrogens is 294 g/mol. The van der Waals surface area contributed by atoms with Crippen molar-refractivity contribution in [1.29, 1.82) is 5.26 Å². The lowest BCUT2D eigenvalue weighted by Gasteiger charge is -2.08. The van der Waals surface area contributed by atoms with Gasteiger partial charge in [-0.15, -0.1) is 0 Å². The van der Waals surface area contributed by atoms with Gasteiger partial charge in [0.1, 0.15) is 5.15 Å². The molecule has 0 saturated carbocycles. The third kappa shape index (κ3) is 3.35. The van der Waals surface area contributed by atoms with Gasteiger partial charge in [-0.05, 0) is 30.3 Å². The van der Waals surface area contributed by atoms with E-state index in [2.05, 4.69) is 10.3 Å². The van der Waals surface area contributed by atoms with E-state index in [-0.39, 0.29) is 27.5 Å². The summed E-state index contributed by atoms with van der Waals surface area (Å²) in [5.74, 6) is -1.76. The molecule has 7 heteroatoms. The Labute approximate surface area is 124 Å². The van der Waals surface area contributed by atoms with Gasteiger partial charge in [0, 0.05) is 6.20 Å². The predicted molar refractivity (Wildman–Crippen MR) is 75.3 cm³/mol. The maximum Gasteiger partial charge on any atom is 0.337 e. The van der Waals surface area contributed by atoms with Crippen LogP contribution in [0.25, 0.3) is 0 Å². The third-order valence-corrected chi connectivity index (χ3v) is 2.84. The summed E-state index contributed by atoms with van der Waals surface area (Å²) >= 11 is 5.63. The second-order valence-corrected chi connectivity index (χ2v) is 4.39. The highest BCUT2D eigenvalue weighted by molar-refractivity contribution is 6.29. The average molecular weight is 302 g/mol.